The van der Waals surface area contributed by atoms with Crippen LogP contribution in [0.25, 0.3) is 0 Å². The van der Waals surface area contributed by atoms with E-state index in [0.29, 0.717) is 13.1 Å². The first-order valence-corrected chi connectivity index (χ1v) is 10.3. The molecule has 1 fully saturated rings. The fourth-order valence-electron chi connectivity index (χ4n) is 4.08. The Kier molecular flexibility index (Phi) is 8.32. The van der Waals surface area contributed by atoms with E-state index in [9.17, 15) is 4.79 Å². The molecule has 0 spiro atoms. The summed E-state index contributed by atoms with van der Waals surface area (Å²) in [6.45, 7) is 1.31. The van der Waals surface area contributed by atoms with Gasteiger partial charge in [-0.2, -0.15) is 0 Å². The summed E-state index contributed by atoms with van der Waals surface area (Å²) < 4.78 is 5.26. The molecule has 1 atom stereocenters. The molecule has 162 valence electrons. The van der Waals surface area contributed by atoms with Crippen molar-refractivity contribution in [3.8, 4) is 5.75 Å². The molecule has 0 radical (unpaired) electrons. The molecule has 1 aromatic rings. The maximum absolute atomic E-state index is 12.8. The standard InChI is InChI=1S/C22H37N5O2/c1-23-21(25-16-22(13-7-8-14-22)20(28)27(4)5)24-15-19(26(2)3)17-9-11-18(29-6)12-10-17/h9-12,19H,7-8,13-16H2,1-6H3,(H2,23,24,25). The highest BCUT2D eigenvalue weighted by molar-refractivity contribution is 5.85. The fourth-order valence-corrected chi connectivity index (χ4v) is 4.08. The quantitative estimate of drug-likeness (QED) is 0.514. The molecule has 1 unspecified atom stereocenters. The zero-order valence-electron chi connectivity index (χ0n) is 18.8. The van der Waals surface area contributed by atoms with Crippen LogP contribution in [-0.2, 0) is 4.79 Å². The number of aliphatic imine (C=N–C) groups is 1. The van der Waals surface area contributed by atoms with Gasteiger partial charge in [0.2, 0.25) is 5.91 Å². The van der Waals surface area contributed by atoms with Crippen molar-refractivity contribution in [2.75, 3.05) is 55.4 Å². The van der Waals surface area contributed by atoms with Crippen LogP contribution in [0.1, 0.15) is 37.3 Å². The van der Waals surface area contributed by atoms with Gasteiger partial charge < -0.3 is 25.2 Å². The lowest BCUT2D eigenvalue weighted by Crippen LogP contribution is -2.50. The summed E-state index contributed by atoms with van der Waals surface area (Å²) in [4.78, 5) is 21.0. The number of ether oxygens (including phenoxy) is 1. The SMILES string of the molecule is CN=C(NCC(c1ccc(OC)cc1)N(C)C)NCC1(C(=O)N(C)C)CCCC1. The molecule has 1 aromatic carbocycles. The van der Waals surface area contributed by atoms with E-state index in [0.717, 1.165) is 37.4 Å². The van der Waals surface area contributed by atoms with Gasteiger partial charge in [-0.15, -0.1) is 0 Å². The number of amides is 1. The van der Waals surface area contributed by atoms with E-state index in [1.54, 1.807) is 19.1 Å². The van der Waals surface area contributed by atoms with Crippen molar-refractivity contribution < 1.29 is 9.53 Å². The number of nitrogens with one attached hydrogen (secondary N) is 2. The number of carbonyl (C=O) groups excluding carboxylic acids is 1. The molecule has 1 saturated carbocycles. The maximum atomic E-state index is 12.8. The van der Waals surface area contributed by atoms with Crippen LogP contribution in [0.15, 0.2) is 29.3 Å². The summed E-state index contributed by atoms with van der Waals surface area (Å²) in [6, 6.07) is 8.32. The molecule has 1 aliphatic rings. The van der Waals surface area contributed by atoms with Crippen LogP contribution in [-0.4, -0.2) is 77.1 Å². The zero-order chi connectivity index (χ0) is 21.4. The van der Waals surface area contributed by atoms with Crippen molar-refractivity contribution in [3.63, 3.8) is 0 Å². The molecule has 7 heteroatoms. The van der Waals surface area contributed by atoms with E-state index < -0.39 is 0 Å². The lowest BCUT2D eigenvalue weighted by atomic mass is 9.84. The Bertz CT molecular complexity index is 679. The summed E-state index contributed by atoms with van der Waals surface area (Å²) in [7, 11) is 11.3. The number of methoxy groups -OCH3 is 1. The summed E-state index contributed by atoms with van der Waals surface area (Å²) >= 11 is 0. The Balaban J connectivity index is 1.99. The highest BCUT2D eigenvalue weighted by Crippen LogP contribution is 2.38. The predicted octanol–water partition coefficient (Wildman–Crippen LogP) is 2.11. The van der Waals surface area contributed by atoms with Crippen molar-refractivity contribution in [1.82, 2.24) is 20.4 Å². The highest BCUT2D eigenvalue weighted by Gasteiger charge is 2.42. The lowest BCUT2D eigenvalue weighted by molar-refractivity contribution is -0.138. The number of rotatable bonds is 8. The average Bonchev–Trinajstić information content (AvgIpc) is 3.20. The molecule has 7 nitrogen and oxygen atoms in total. The van der Waals surface area contributed by atoms with E-state index in [1.165, 1.54) is 5.56 Å². The number of nitrogens with zero attached hydrogens (tertiary/aromatic N) is 3. The number of likely N-dealkylation sites (N-methyl/N-ethyl adjacent to an activating group) is 1. The Morgan fingerprint density at radius 2 is 1.76 bits per heavy atom. The minimum atomic E-state index is -0.321. The van der Waals surface area contributed by atoms with Crippen LogP contribution < -0.4 is 15.4 Å². The van der Waals surface area contributed by atoms with Gasteiger partial charge in [-0.1, -0.05) is 25.0 Å². The van der Waals surface area contributed by atoms with E-state index in [4.69, 9.17) is 4.74 Å². The zero-order valence-corrected chi connectivity index (χ0v) is 18.8. The molecular formula is C22H37N5O2. The van der Waals surface area contributed by atoms with Gasteiger partial charge in [-0.3, -0.25) is 9.79 Å². The van der Waals surface area contributed by atoms with Crippen LogP contribution in [0, 0.1) is 5.41 Å². The fraction of sp³-hybridized carbons (Fsp3) is 0.636. The third kappa shape index (κ3) is 5.85. The molecule has 29 heavy (non-hydrogen) atoms. The second kappa shape index (κ2) is 10.5. The van der Waals surface area contributed by atoms with Crippen molar-refractivity contribution >= 4 is 11.9 Å². The van der Waals surface area contributed by atoms with Gasteiger partial charge in [0.1, 0.15) is 5.75 Å². The van der Waals surface area contributed by atoms with Gasteiger partial charge >= 0.3 is 0 Å². The molecule has 0 aliphatic heterocycles. The first-order chi connectivity index (χ1) is 13.8. The van der Waals surface area contributed by atoms with Crippen molar-refractivity contribution in [2.24, 2.45) is 10.4 Å². The van der Waals surface area contributed by atoms with Crippen LogP contribution in [0.4, 0.5) is 0 Å². The second-order valence-corrected chi connectivity index (χ2v) is 8.25. The molecule has 2 N–H and O–H groups in total. The van der Waals surface area contributed by atoms with Crippen molar-refractivity contribution in [1.29, 1.82) is 0 Å². The predicted molar refractivity (Wildman–Crippen MR) is 118 cm³/mol. The molecule has 0 heterocycles. The minimum Gasteiger partial charge on any atom is -0.497 e. The molecule has 2 rings (SSSR count). The van der Waals surface area contributed by atoms with Gasteiger partial charge in [0, 0.05) is 34.2 Å². The van der Waals surface area contributed by atoms with Gasteiger partial charge in [-0.25, -0.2) is 0 Å². The first-order valence-electron chi connectivity index (χ1n) is 10.3. The molecule has 0 saturated heterocycles. The van der Waals surface area contributed by atoms with E-state index >= 15 is 0 Å². The Labute approximate surface area is 175 Å². The van der Waals surface area contributed by atoms with E-state index in [-0.39, 0.29) is 17.4 Å². The van der Waals surface area contributed by atoms with E-state index in [1.807, 2.05) is 26.2 Å². The number of guanidine groups is 1. The van der Waals surface area contributed by atoms with Crippen LogP contribution in [0.5, 0.6) is 5.75 Å². The van der Waals surface area contributed by atoms with Gasteiger partial charge in [0.25, 0.3) is 0 Å². The number of hydrogen-bond acceptors (Lipinski definition) is 4. The van der Waals surface area contributed by atoms with Crippen molar-refractivity contribution in [3.05, 3.63) is 29.8 Å². The van der Waals surface area contributed by atoms with Crippen LogP contribution in [0.2, 0.25) is 0 Å². The molecule has 1 aliphatic carbocycles. The normalized spacial score (nSPS) is 17.1. The lowest BCUT2D eigenvalue weighted by Gasteiger charge is -2.32. The smallest absolute Gasteiger partial charge is 0.230 e. The Hall–Kier alpha value is -2.28. The summed E-state index contributed by atoms with van der Waals surface area (Å²) in [6.07, 6.45) is 4.07. The van der Waals surface area contributed by atoms with Gasteiger partial charge in [-0.05, 0) is 44.6 Å². The molecule has 0 bridgehead atoms. The minimum absolute atomic E-state index is 0.184. The number of carbonyl (C=O) groups is 1. The third-order valence-corrected chi connectivity index (χ3v) is 5.83. The van der Waals surface area contributed by atoms with Gasteiger partial charge in [0.05, 0.1) is 18.6 Å². The monoisotopic (exact) mass is 403 g/mol. The number of hydrogen-bond donors (Lipinski definition) is 2. The molecular weight excluding hydrogens is 366 g/mol. The Morgan fingerprint density at radius 3 is 2.24 bits per heavy atom. The first kappa shape index (κ1) is 23.0. The second-order valence-electron chi connectivity index (χ2n) is 8.25. The van der Waals surface area contributed by atoms with Crippen molar-refractivity contribution in [2.45, 2.75) is 31.7 Å². The Morgan fingerprint density at radius 1 is 1.14 bits per heavy atom. The van der Waals surface area contributed by atoms with E-state index in [2.05, 4.69) is 46.8 Å². The average molecular weight is 404 g/mol. The number of benzene rings is 1. The summed E-state index contributed by atoms with van der Waals surface area (Å²) in [5.41, 5.74) is 0.881. The summed E-state index contributed by atoms with van der Waals surface area (Å²) in [5.74, 6) is 1.79. The topological polar surface area (TPSA) is 69.2 Å². The third-order valence-electron chi connectivity index (χ3n) is 5.83. The van der Waals surface area contributed by atoms with Gasteiger partial charge in [0.15, 0.2) is 5.96 Å². The molecule has 0 aromatic heterocycles. The highest BCUT2D eigenvalue weighted by atomic mass is 16.5. The largest absolute Gasteiger partial charge is 0.497 e. The maximum Gasteiger partial charge on any atom is 0.230 e. The van der Waals surface area contributed by atoms with Crippen LogP contribution in [0.3, 0.4) is 0 Å². The summed E-state index contributed by atoms with van der Waals surface area (Å²) in [5, 5.41) is 6.83. The van der Waals surface area contributed by atoms with Crippen LogP contribution >= 0.6 is 0 Å². The molecule has 1 amide bonds.